The lowest BCUT2D eigenvalue weighted by Gasteiger charge is -2.15. The van der Waals surface area contributed by atoms with E-state index in [1.54, 1.807) is 0 Å². The smallest absolute Gasteiger partial charge is 0.0352 e. The first-order chi connectivity index (χ1) is 8.38. The van der Waals surface area contributed by atoms with Gasteiger partial charge in [-0.2, -0.15) is 0 Å². The van der Waals surface area contributed by atoms with Crippen molar-refractivity contribution in [2.75, 3.05) is 11.9 Å². The molecule has 2 rings (SSSR count). The summed E-state index contributed by atoms with van der Waals surface area (Å²) in [5.41, 5.74) is 2.11. The predicted octanol–water partition coefficient (Wildman–Crippen LogP) is 4.05. The lowest BCUT2D eigenvalue weighted by atomic mass is 10.0. The summed E-state index contributed by atoms with van der Waals surface area (Å²) in [6.07, 6.45) is 13.8. The fourth-order valence-electron chi connectivity index (χ4n) is 2.55. The van der Waals surface area contributed by atoms with E-state index < -0.39 is 0 Å². The van der Waals surface area contributed by atoms with Crippen LogP contribution in [0.4, 0.5) is 5.69 Å². The first-order valence-corrected chi connectivity index (χ1v) is 6.69. The first-order valence-electron chi connectivity index (χ1n) is 6.69. The molecule has 1 aromatic carbocycles. The van der Waals surface area contributed by atoms with E-state index in [0.29, 0.717) is 0 Å². The Balaban J connectivity index is 1.86. The Morgan fingerprint density at radius 3 is 2.65 bits per heavy atom. The summed E-state index contributed by atoms with van der Waals surface area (Å²) in [5, 5.41) is 3.52. The molecule has 1 aliphatic rings. The molecule has 0 bridgehead atoms. The van der Waals surface area contributed by atoms with E-state index in [2.05, 4.69) is 23.4 Å². The third-order valence-corrected chi connectivity index (χ3v) is 3.60. The minimum atomic E-state index is 0.840. The van der Waals surface area contributed by atoms with Gasteiger partial charge in [-0.25, -0.2) is 0 Å². The molecule has 1 heteroatoms. The molecule has 0 aromatic heterocycles. The molecular formula is C16H21N. The van der Waals surface area contributed by atoms with Gasteiger partial charge in [0, 0.05) is 17.8 Å². The Morgan fingerprint density at radius 1 is 1.18 bits per heavy atom. The van der Waals surface area contributed by atoms with E-state index >= 15 is 0 Å². The molecule has 1 fully saturated rings. The molecule has 17 heavy (non-hydrogen) atoms. The van der Waals surface area contributed by atoms with Crippen molar-refractivity contribution in [3.63, 3.8) is 0 Å². The Morgan fingerprint density at radius 2 is 1.94 bits per heavy atom. The number of benzene rings is 1. The second-order valence-corrected chi connectivity index (χ2v) is 4.96. The third kappa shape index (κ3) is 3.82. The van der Waals surface area contributed by atoms with Crippen LogP contribution in [-0.4, -0.2) is 6.54 Å². The zero-order valence-corrected chi connectivity index (χ0v) is 10.4. The quantitative estimate of drug-likeness (QED) is 0.607. The number of terminal acetylenes is 1. The zero-order valence-electron chi connectivity index (χ0n) is 10.4. The lowest BCUT2D eigenvalue weighted by Crippen LogP contribution is -2.13. The van der Waals surface area contributed by atoms with Crippen molar-refractivity contribution in [3.05, 3.63) is 29.8 Å². The SMILES string of the molecule is C#Cc1cccc(NCC2CCCCCC2)c1. The second-order valence-electron chi connectivity index (χ2n) is 4.96. The summed E-state index contributed by atoms with van der Waals surface area (Å²) in [4.78, 5) is 0. The Hall–Kier alpha value is -1.42. The van der Waals surface area contributed by atoms with E-state index in [9.17, 15) is 0 Å². The molecule has 1 nitrogen and oxygen atoms in total. The molecule has 0 saturated heterocycles. The number of anilines is 1. The monoisotopic (exact) mass is 227 g/mol. The Bertz CT molecular complexity index is 381. The third-order valence-electron chi connectivity index (χ3n) is 3.60. The maximum absolute atomic E-state index is 5.40. The van der Waals surface area contributed by atoms with Crippen molar-refractivity contribution in [1.82, 2.24) is 0 Å². The van der Waals surface area contributed by atoms with Gasteiger partial charge in [0.1, 0.15) is 0 Å². The van der Waals surface area contributed by atoms with Gasteiger partial charge in [-0.3, -0.25) is 0 Å². The highest BCUT2D eigenvalue weighted by Crippen LogP contribution is 2.23. The highest BCUT2D eigenvalue weighted by Gasteiger charge is 2.11. The van der Waals surface area contributed by atoms with Gasteiger partial charge in [-0.05, 0) is 37.0 Å². The van der Waals surface area contributed by atoms with Crippen molar-refractivity contribution in [2.24, 2.45) is 5.92 Å². The first kappa shape index (κ1) is 12.0. The van der Waals surface area contributed by atoms with Gasteiger partial charge in [-0.1, -0.05) is 37.7 Å². The summed E-state index contributed by atoms with van der Waals surface area (Å²) in [7, 11) is 0. The maximum Gasteiger partial charge on any atom is 0.0352 e. The molecule has 1 aromatic rings. The van der Waals surface area contributed by atoms with Crippen molar-refractivity contribution in [2.45, 2.75) is 38.5 Å². The van der Waals surface area contributed by atoms with Crippen LogP contribution in [0.3, 0.4) is 0 Å². The van der Waals surface area contributed by atoms with Crippen molar-refractivity contribution in [1.29, 1.82) is 0 Å². The number of hydrogen-bond acceptors (Lipinski definition) is 1. The average molecular weight is 227 g/mol. The van der Waals surface area contributed by atoms with Crippen LogP contribution in [0.25, 0.3) is 0 Å². The van der Waals surface area contributed by atoms with Crippen LogP contribution in [0, 0.1) is 18.3 Å². The van der Waals surface area contributed by atoms with Gasteiger partial charge in [0.25, 0.3) is 0 Å². The fraction of sp³-hybridized carbons (Fsp3) is 0.500. The molecule has 1 saturated carbocycles. The molecule has 0 atom stereocenters. The van der Waals surface area contributed by atoms with Crippen molar-refractivity contribution < 1.29 is 0 Å². The highest BCUT2D eigenvalue weighted by molar-refractivity contribution is 5.49. The van der Waals surface area contributed by atoms with Crippen LogP contribution in [0.15, 0.2) is 24.3 Å². The van der Waals surface area contributed by atoms with Crippen molar-refractivity contribution >= 4 is 5.69 Å². The molecule has 0 amide bonds. The molecule has 0 heterocycles. The van der Waals surface area contributed by atoms with Crippen molar-refractivity contribution in [3.8, 4) is 12.3 Å². The average Bonchev–Trinajstić information content (AvgIpc) is 2.65. The van der Waals surface area contributed by atoms with E-state index in [-0.39, 0.29) is 0 Å². The molecule has 0 unspecified atom stereocenters. The zero-order chi connectivity index (χ0) is 11.9. The molecule has 90 valence electrons. The number of rotatable bonds is 3. The molecule has 0 radical (unpaired) electrons. The van der Waals surface area contributed by atoms with Gasteiger partial charge in [0.2, 0.25) is 0 Å². The largest absolute Gasteiger partial charge is 0.385 e. The second kappa shape index (κ2) is 6.35. The van der Waals surface area contributed by atoms with E-state index in [4.69, 9.17) is 6.42 Å². The Kier molecular flexibility index (Phi) is 4.50. The van der Waals surface area contributed by atoms with Gasteiger partial charge in [-0.15, -0.1) is 6.42 Å². The molecule has 0 spiro atoms. The summed E-state index contributed by atoms with van der Waals surface area (Å²) in [6.45, 7) is 1.09. The summed E-state index contributed by atoms with van der Waals surface area (Å²) >= 11 is 0. The van der Waals surface area contributed by atoms with E-state index in [1.165, 1.54) is 38.5 Å². The van der Waals surface area contributed by atoms with Gasteiger partial charge in [0.15, 0.2) is 0 Å². The van der Waals surface area contributed by atoms with Crippen LogP contribution < -0.4 is 5.32 Å². The molecule has 1 aliphatic carbocycles. The summed E-state index contributed by atoms with van der Waals surface area (Å²) in [6, 6.07) is 8.13. The number of nitrogens with one attached hydrogen (secondary N) is 1. The topological polar surface area (TPSA) is 12.0 Å². The standard InChI is InChI=1S/C16H21N/c1-2-14-10-7-11-16(12-14)17-13-15-8-5-3-4-6-9-15/h1,7,10-12,15,17H,3-6,8-9,13H2. The number of hydrogen-bond donors (Lipinski definition) is 1. The van der Waals surface area contributed by atoms with Crippen LogP contribution in [0.1, 0.15) is 44.1 Å². The van der Waals surface area contributed by atoms with Crippen LogP contribution in [0.5, 0.6) is 0 Å². The van der Waals surface area contributed by atoms with E-state index in [0.717, 1.165) is 23.7 Å². The van der Waals surface area contributed by atoms with Gasteiger partial charge in [0.05, 0.1) is 0 Å². The predicted molar refractivity (Wildman–Crippen MR) is 74.1 cm³/mol. The maximum atomic E-state index is 5.40. The normalized spacial score (nSPS) is 17.1. The summed E-state index contributed by atoms with van der Waals surface area (Å²) < 4.78 is 0. The minimum absolute atomic E-state index is 0.840. The molecule has 0 aliphatic heterocycles. The van der Waals surface area contributed by atoms with Gasteiger partial charge < -0.3 is 5.32 Å². The fourth-order valence-corrected chi connectivity index (χ4v) is 2.55. The molecule has 1 N–H and O–H groups in total. The van der Waals surface area contributed by atoms with Gasteiger partial charge >= 0.3 is 0 Å². The molecular weight excluding hydrogens is 206 g/mol. The lowest BCUT2D eigenvalue weighted by molar-refractivity contribution is 0.483. The van der Waals surface area contributed by atoms with Crippen LogP contribution in [0.2, 0.25) is 0 Å². The van der Waals surface area contributed by atoms with E-state index in [1.807, 2.05) is 12.1 Å². The highest BCUT2D eigenvalue weighted by atomic mass is 14.9. The van der Waals surface area contributed by atoms with Crippen LogP contribution >= 0.6 is 0 Å². The minimum Gasteiger partial charge on any atom is -0.385 e. The Labute approximate surface area is 105 Å². The van der Waals surface area contributed by atoms with Crippen LogP contribution in [-0.2, 0) is 0 Å². The summed E-state index contributed by atoms with van der Waals surface area (Å²) in [5.74, 6) is 3.52.